The molecule has 25 heavy (non-hydrogen) atoms. The third-order valence-electron chi connectivity index (χ3n) is 3.94. The fraction of sp³-hybridized carbons (Fsp3) is 0.0526. The Labute approximate surface area is 149 Å². The second-order valence-electron chi connectivity index (χ2n) is 5.82. The van der Waals surface area contributed by atoms with Crippen LogP contribution >= 0.6 is 11.9 Å². The molecular formula is C19H16N4OS. The molecule has 0 atom stereocenters. The first-order chi connectivity index (χ1) is 12.2. The molecule has 0 saturated carbocycles. The molecule has 124 valence electrons. The van der Waals surface area contributed by atoms with Gasteiger partial charge in [-0.1, -0.05) is 17.7 Å². The van der Waals surface area contributed by atoms with Crippen LogP contribution in [0.1, 0.15) is 16.7 Å². The molecule has 5 nitrogen and oxygen atoms in total. The Kier molecular flexibility index (Phi) is 4.03. The fourth-order valence-electron chi connectivity index (χ4n) is 2.63. The van der Waals surface area contributed by atoms with E-state index in [1.807, 2.05) is 24.3 Å². The smallest absolute Gasteiger partial charge is 0.256 e. The summed E-state index contributed by atoms with van der Waals surface area (Å²) in [6.07, 6.45) is 5.28. The average molecular weight is 348 g/mol. The van der Waals surface area contributed by atoms with Crippen LogP contribution in [0.5, 0.6) is 0 Å². The summed E-state index contributed by atoms with van der Waals surface area (Å²) in [5.74, 6) is -0.0977. The van der Waals surface area contributed by atoms with E-state index >= 15 is 0 Å². The lowest BCUT2D eigenvalue weighted by Gasteiger charge is -2.07. The highest BCUT2D eigenvalue weighted by Crippen LogP contribution is 2.36. The number of benzene rings is 2. The first-order valence-electron chi connectivity index (χ1n) is 7.85. The van der Waals surface area contributed by atoms with Gasteiger partial charge in [0.2, 0.25) is 0 Å². The van der Waals surface area contributed by atoms with Gasteiger partial charge >= 0.3 is 0 Å². The van der Waals surface area contributed by atoms with Crippen LogP contribution in [0.25, 0.3) is 11.6 Å². The molecule has 1 aliphatic heterocycles. The van der Waals surface area contributed by atoms with E-state index in [1.165, 1.54) is 5.56 Å². The number of anilines is 2. The second kappa shape index (κ2) is 6.49. The Morgan fingerprint density at radius 3 is 2.76 bits per heavy atom. The van der Waals surface area contributed by atoms with Crippen molar-refractivity contribution in [2.45, 2.75) is 11.8 Å². The number of carbonyl (C=O) groups excluding carboxylic acids is 1. The number of hydrogen-bond acceptors (Lipinski definition) is 4. The first-order valence-corrected chi connectivity index (χ1v) is 8.66. The third-order valence-corrected chi connectivity index (χ3v) is 4.79. The van der Waals surface area contributed by atoms with E-state index in [9.17, 15) is 4.79 Å². The van der Waals surface area contributed by atoms with Crippen molar-refractivity contribution in [1.82, 2.24) is 10.2 Å². The average Bonchev–Trinajstić information content (AvgIpc) is 3.23. The topological polar surface area (TPSA) is 69.8 Å². The van der Waals surface area contributed by atoms with Gasteiger partial charge in [0, 0.05) is 39.2 Å². The molecule has 0 spiro atoms. The second-order valence-corrected chi connectivity index (χ2v) is 6.70. The number of hydrogen-bond donors (Lipinski definition) is 3. The zero-order valence-corrected chi connectivity index (χ0v) is 14.4. The van der Waals surface area contributed by atoms with Gasteiger partial charge in [-0.2, -0.15) is 5.10 Å². The quantitative estimate of drug-likeness (QED) is 0.485. The number of rotatable bonds is 4. The summed E-state index contributed by atoms with van der Waals surface area (Å²) >= 11 is 1.55. The number of fused-ring (bicyclic) bond motifs is 1. The van der Waals surface area contributed by atoms with Crippen molar-refractivity contribution in [3.63, 3.8) is 0 Å². The van der Waals surface area contributed by atoms with E-state index in [4.69, 9.17) is 0 Å². The zero-order chi connectivity index (χ0) is 17.2. The number of aryl methyl sites for hydroxylation is 1. The van der Waals surface area contributed by atoms with Gasteiger partial charge in [-0.25, -0.2) is 0 Å². The maximum atomic E-state index is 12.2. The molecule has 0 unspecified atom stereocenters. The molecule has 1 aliphatic rings. The van der Waals surface area contributed by atoms with Crippen molar-refractivity contribution in [2.24, 2.45) is 0 Å². The van der Waals surface area contributed by atoms with Crippen molar-refractivity contribution < 1.29 is 4.79 Å². The summed E-state index contributed by atoms with van der Waals surface area (Å²) in [6, 6.07) is 14.2. The van der Waals surface area contributed by atoms with Crippen LogP contribution in [-0.2, 0) is 4.79 Å². The minimum atomic E-state index is -0.0977. The molecule has 6 heteroatoms. The lowest BCUT2D eigenvalue weighted by atomic mass is 10.0. The molecule has 4 rings (SSSR count). The normalized spacial score (nSPS) is 14.4. The Bertz CT molecular complexity index is 946. The van der Waals surface area contributed by atoms with Gasteiger partial charge in [0.15, 0.2) is 0 Å². The summed E-state index contributed by atoms with van der Waals surface area (Å²) in [4.78, 5) is 13.4. The Morgan fingerprint density at radius 1 is 1.16 bits per heavy atom. The largest absolute Gasteiger partial charge is 0.326 e. The van der Waals surface area contributed by atoms with Crippen molar-refractivity contribution in [3.05, 3.63) is 71.5 Å². The number of aromatic nitrogens is 2. The van der Waals surface area contributed by atoms with Crippen molar-refractivity contribution in [2.75, 3.05) is 10.0 Å². The lowest BCUT2D eigenvalue weighted by molar-refractivity contribution is -0.110. The van der Waals surface area contributed by atoms with Crippen molar-refractivity contribution in [1.29, 1.82) is 0 Å². The summed E-state index contributed by atoms with van der Waals surface area (Å²) in [5.41, 5.74) is 5.40. The molecule has 3 aromatic rings. The van der Waals surface area contributed by atoms with Crippen LogP contribution in [0, 0.1) is 6.92 Å². The monoisotopic (exact) mass is 348 g/mol. The minimum absolute atomic E-state index is 0.0977. The minimum Gasteiger partial charge on any atom is -0.326 e. The Balaban J connectivity index is 1.58. The maximum Gasteiger partial charge on any atom is 0.256 e. The van der Waals surface area contributed by atoms with Gasteiger partial charge in [0.25, 0.3) is 5.91 Å². The molecule has 0 aliphatic carbocycles. The molecule has 3 N–H and O–H groups in total. The number of carbonyl (C=O) groups is 1. The molecule has 0 fully saturated rings. The molecule has 0 bridgehead atoms. The maximum absolute atomic E-state index is 12.2. The highest BCUT2D eigenvalue weighted by molar-refractivity contribution is 8.00. The molecule has 2 aromatic carbocycles. The van der Waals surface area contributed by atoms with Crippen LogP contribution in [0.15, 0.2) is 59.8 Å². The van der Waals surface area contributed by atoms with E-state index < -0.39 is 0 Å². The van der Waals surface area contributed by atoms with E-state index in [-0.39, 0.29) is 5.91 Å². The standard InChI is InChI=1S/C19H16N4OS/c1-12-2-5-15(6-3-12)25-23-14-4-7-18-16(9-14)17(19(24)22-18)8-13-10-20-21-11-13/h2-11,23H,1H3,(H,20,21)(H,22,24)/b17-8-. The van der Waals surface area contributed by atoms with E-state index in [0.717, 1.165) is 27.4 Å². The molecule has 1 aromatic heterocycles. The van der Waals surface area contributed by atoms with Gasteiger partial charge in [-0.05, 0) is 55.3 Å². The van der Waals surface area contributed by atoms with E-state index in [1.54, 1.807) is 24.3 Å². The van der Waals surface area contributed by atoms with Crippen LogP contribution < -0.4 is 10.0 Å². The number of nitrogens with zero attached hydrogens (tertiary/aromatic N) is 1. The molecular weight excluding hydrogens is 332 g/mol. The van der Waals surface area contributed by atoms with Crippen LogP contribution in [-0.4, -0.2) is 16.1 Å². The zero-order valence-electron chi connectivity index (χ0n) is 13.5. The van der Waals surface area contributed by atoms with Crippen molar-refractivity contribution in [3.8, 4) is 0 Å². The molecule has 0 saturated heterocycles. The predicted octanol–water partition coefficient (Wildman–Crippen LogP) is 4.33. The van der Waals surface area contributed by atoms with Gasteiger partial charge < -0.3 is 10.0 Å². The van der Waals surface area contributed by atoms with E-state index in [0.29, 0.717) is 5.57 Å². The van der Waals surface area contributed by atoms with Gasteiger partial charge in [-0.15, -0.1) is 0 Å². The molecule has 0 radical (unpaired) electrons. The van der Waals surface area contributed by atoms with Gasteiger partial charge in [0.05, 0.1) is 6.20 Å². The predicted molar refractivity (Wildman–Crippen MR) is 102 cm³/mol. The summed E-state index contributed by atoms with van der Waals surface area (Å²) in [5, 5.41) is 9.56. The summed E-state index contributed by atoms with van der Waals surface area (Å²) in [7, 11) is 0. The Hall–Kier alpha value is -2.99. The summed E-state index contributed by atoms with van der Waals surface area (Å²) < 4.78 is 3.34. The number of aromatic amines is 1. The van der Waals surface area contributed by atoms with E-state index in [2.05, 4.69) is 51.4 Å². The highest BCUT2D eigenvalue weighted by atomic mass is 32.2. The molecule has 2 heterocycles. The SMILES string of the molecule is Cc1ccc(SNc2ccc3c(c2)/C(=C/c2cn[nH]c2)C(=O)N3)cc1. The molecule has 1 amide bonds. The first kappa shape index (κ1) is 15.5. The van der Waals surface area contributed by atoms with Gasteiger partial charge in [-0.3, -0.25) is 9.89 Å². The van der Waals surface area contributed by atoms with Crippen LogP contribution in [0.2, 0.25) is 0 Å². The van der Waals surface area contributed by atoms with Crippen molar-refractivity contribution >= 4 is 40.9 Å². The number of nitrogens with one attached hydrogen (secondary N) is 3. The number of amides is 1. The van der Waals surface area contributed by atoms with Gasteiger partial charge in [0.1, 0.15) is 0 Å². The number of H-pyrrole nitrogens is 1. The highest BCUT2D eigenvalue weighted by Gasteiger charge is 2.24. The summed E-state index contributed by atoms with van der Waals surface area (Å²) in [6.45, 7) is 2.07. The third kappa shape index (κ3) is 3.29. The fourth-order valence-corrected chi connectivity index (χ4v) is 3.26. The van der Waals surface area contributed by atoms with Crippen LogP contribution in [0.3, 0.4) is 0 Å². The Morgan fingerprint density at radius 2 is 2.00 bits per heavy atom. The lowest BCUT2D eigenvalue weighted by Crippen LogP contribution is -2.03. The van der Waals surface area contributed by atoms with Crippen LogP contribution in [0.4, 0.5) is 11.4 Å².